The highest BCUT2D eigenvalue weighted by molar-refractivity contribution is 7.89. The summed E-state index contributed by atoms with van der Waals surface area (Å²) in [6.07, 6.45) is 6.17. The lowest BCUT2D eigenvalue weighted by atomic mass is 9.89. The minimum atomic E-state index is -3.89. The first kappa shape index (κ1) is 14.0. The fourth-order valence-corrected chi connectivity index (χ4v) is 3.01. The molecular formula is C11H18N4O3S. The largest absolute Gasteiger partial charge is 0.308 e. The molecule has 0 unspecified atom stereocenters. The topological polar surface area (TPSA) is 107 Å². The average Bonchev–Trinajstić information content (AvgIpc) is 2.71. The molecule has 2 rings (SSSR count). The van der Waals surface area contributed by atoms with Gasteiger partial charge in [0.05, 0.1) is 0 Å². The molecule has 7 nitrogen and oxygen atoms in total. The minimum Gasteiger partial charge on any atom is -0.308 e. The van der Waals surface area contributed by atoms with Gasteiger partial charge in [0, 0.05) is 19.2 Å². The molecular weight excluding hydrogens is 268 g/mol. The van der Waals surface area contributed by atoms with E-state index in [2.05, 4.69) is 10.4 Å². The molecule has 0 aromatic carbocycles. The van der Waals surface area contributed by atoms with Gasteiger partial charge in [0.25, 0.3) is 0 Å². The van der Waals surface area contributed by atoms with Crippen LogP contribution in [-0.4, -0.2) is 24.1 Å². The van der Waals surface area contributed by atoms with Gasteiger partial charge in [0.1, 0.15) is 4.90 Å². The highest BCUT2D eigenvalue weighted by Gasteiger charge is 2.25. The molecule has 19 heavy (non-hydrogen) atoms. The van der Waals surface area contributed by atoms with Gasteiger partial charge >= 0.3 is 0 Å². The number of sulfonamides is 1. The Morgan fingerprint density at radius 3 is 2.63 bits per heavy atom. The van der Waals surface area contributed by atoms with Crippen LogP contribution in [0.15, 0.2) is 11.1 Å². The molecule has 3 N–H and O–H groups in total. The van der Waals surface area contributed by atoms with Crippen LogP contribution in [0.25, 0.3) is 0 Å². The van der Waals surface area contributed by atoms with E-state index in [9.17, 15) is 13.2 Å². The fourth-order valence-electron chi connectivity index (χ4n) is 2.35. The second-order valence-corrected chi connectivity index (χ2v) is 6.41. The molecule has 1 aromatic heterocycles. The molecule has 1 fully saturated rings. The first-order valence-corrected chi connectivity index (χ1v) is 7.80. The van der Waals surface area contributed by atoms with E-state index in [4.69, 9.17) is 5.14 Å². The second kappa shape index (κ2) is 5.30. The quantitative estimate of drug-likeness (QED) is 0.847. The van der Waals surface area contributed by atoms with Gasteiger partial charge in [-0.05, 0) is 12.8 Å². The number of nitrogens with zero attached hydrogens (tertiary/aromatic N) is 2. The van der Waals surface area contributed by atoms with E-state index >= 15 is 0 Å². The number of anilines is 1. The first-order valence-electron chi connectivity index (χ1n) is 6.25. The molecule has 1 aromatic rings. The lowest BCUT2D eigenvalue weighted by molar-refractivity contribution is -0.120. The van der Waals surface area contributed by atoms with Crippen LogP contribution in [0.2, 0.25) is 0 Å². The van der Waals surface area contributed by atoms with Gasteiger partial charge in [0.15, 0.2) is 5.82 Å². The van der Waals surface area contributed by atoms with E-state index in [-0.39, 0.29) is 22.5 Å². The molecule has 0 spiro atoms. The molecule has 8 heteroatoms. The molecule has 1 heterocycles. The summed E-state index contributed by atoms with van der Waals surface area (Å²) in [5.41, 5.74) is 0. The molecule has 0 saturated heterocycles. The van der Waals surface area contributed by atoms with Crippen molar-refractivity contribution in [2.75, 3.05) is 5.32 Å². The normalized spacial score (nSPS) is 17.4. The zero-order chi connectivity index (χ0) is 14.0. The Balaban J connectivity index is 2.17. The van der Waals surface area contributed by atoms with E-state index < -0.39 is 10.0 Å². The summed E-state index contributed by atoms with van der Waals surface area (Å²) in [4.78, 5) is 11.9. The van der Waals surface area contributed by atoms with Gasteiger partial charge in [-0.15, -0.1) is 0 Å². The molecule has 0 aliphatic heterocycles. The number of hydrogen-bond acceptors (Lipinski definition) is 4. The zero-order valence-electron chi connectivity index (χ0n) is 10.8. The van der Waals surface area contributed by atoms with Crippen molar-refractivity contribution in [1.82, 2.24) is 9.78 Å². The Hall–Kier alpha value is -1.41. The van der Waals surface area contributed by atoms with E-state index in [0.717, 1.165) is 32.1 Å². The molecule has 0 atom stereocenters. The Labute approximate surface area is 112 Å². The standard InChI is InChI=1S/C11H18N4O3S/c1-15-7-9(19(12,17)18)10(14-15)13-11(16)8-5-3-2-4-6-8/h7-8H,2-6H2,1H3,(H2,12,17,18)(H,13,14,16). The van der Waals surface area contributed by atoms with Gasteiger partial charge in [-0.3, -0.25) is 9.48 Å². The maximum Gasteiger partial charge on any atom is 0.243 e. The number of carbonyl (C=O) groups excluding carboxylic acids is 1. The van der Waals surface area contributed by atoms with Gasteiger partial charge in [-0.25, -0.2) is 13.6 Å². The molecule has 0 radical (unpaired) electrons. The summed E-state index contributed by atoms with van der Waals surface area (Å²) < 4.78 is 24.1. The highest BCUT2D eigenvalue weighted by atomic mass is 32.2. The van der Waals surface area contributed by atoms with Crippen molar-refractivity contribution in [3.05, 3.63) is 6.20 Å². The van der Waals surface area contributed by atoms with Gasteiger partial charge in [-0.2, -0.15) is 5.10 Å². The molecule has 106 valence electrons. The maximum absolute atomic E-state index is 12.1. The number of nitrogens with one attached hydrogen (secondary N) is 1. The summed E-state index contributed by atoms with van der Waals surface area (Å²) in [5.74, 6) is -0.229. The van der Waals surface area contributed by atoms with E-state index in [1.165, 1.54) is 10.9 Å². The number of nitrogens with two attached hydrogens (primary N) is 1. The number of primary sulfonamides is 1. The van der Waals surface area contributed by atoms with Crippen LogP contribution in [0.3, 0.4) is 0 Å². The number of hydrogen-bond donors (Lipinski definition) is 2. The van der Waals surface area contributed by atoms with Crippen molar-refractivity contribution in [2.45, 2.75) is 37.0 Å². The minimum absolute atomic E-state index is 0.0144. The number of carbonyl (C=O) groups is 1. The van der Waals surface area contributed by atoms with Crippen molar-refractivity contribution >= 4 is 21.7 Å². The van der Waals surface area contributed by atoms with Crippen molar-refractivity contribution in [3.8, 4) is 0 Å². The van der Waals surface area contributed by atoms with Gasteiger partial charge in [0.2, 0.25) is 15.9 Å². The number of amides is 1. The Morgan fingerprint density at radius 2 is 2.05 bits per heavy atom. The SMILES string of the molecule is Cn1cc(S(N)(=O)=O)c(NC(=O)C2CCCCC2)n1. The zero-order valence-corrected chi connectivity index (χ0v) is 11.6. The van der Waals surface area contributed by atoms with E-state index in [1.54, 1.807) is 7.05 Å². The van der Waals surface area contributed by atoms with Crippen molar-refractivity contribution in [2.24, 2.45) is 18.1 Å². The smallest absolute Gasteiger partial charge is 0.243 e. The third-order valence-electron chi connectivity index (χ3n) is 3.32. The molecule has 1 aliphatic rings. The summed E-state index contributed by atoms with van der Waals surface area (Å²) in [6, 6.07) is 0. The summed E-state index contributed by atoms with van der Waals surface area (Å²) in [7, 11) is -2.31. The highest BCUT2D eigenvalue weighted by Crippen LogP contribution is 2.26. The van der Waals surface area contributed by atoms with Gasteiger partial charge in [-0.1, -0.05) is 19.3 Å². The predicted molar refractivity (Wildman–Crippen MR) is 69.8 cm³/mol. The van der Waals surface area contributed by atoms with Crippen molar-refractivity contribution < 1.29 is 13.2 Å². The lowest BCUT2D eigenvalue weighted by Gasteiger charge is -2.20. The summed E-state index contributed by atoms with van der Waals surface area (Å²) in [6.45, 7) is 0. The third kappa shape index (κ3) is 3.32. The summed E-state index contributed by atoms with van der Waals surface area (Å²) >= 11 is 0. The van der Waals surface area contributed by atoms with Crippen LogP contribution < -0.4 is 10.5 Å². The second-order valence-electron chi connectivity index (χ2n) is 4.88. The van der Waals surface area contributed by atoms with Crippen LogP contribution in [0.5, 0.6) is 0 Å². The Bertz CT molecular complexity index is 573. The van der Waals surface area contributed by atoms with E-state index in [1.807, 2.05) is 0 Å². The first-order chi connectivity index (χ1) is 8.88. The third-order valence-corrected chi connectivity index (χ3v) is 4.23. The summed E-state index contributed by atoms with van der Waals surface area (Å²) in [5, 5.41) is 11.6. The van der Waals surface area contributed by atoms with Crippen LogP contribution in [0.1, 0.15) is 32.1 Å². The fraction of sp³-hybridized carbons (Fsp3) is 0.636. The maximum atomic E-state index is 12.1. The predicted octanol–water partition coefficient (Wildman–Crippen LogP) is 0.586. The molecule has 1 saturated carbocycles. The van der Waals surface area contributed by atoms with Crippen LogP contribution in [0.4, 0.5) is 5.82 Å². The Morgan fingerprint density at radius 1 is 1.42 bits per heavy atom. The average molecular weight is 286 g/mol. The number of rotatable bonds is 3. The van der Waals surface area contributed by atoms with Crippen LogP contribution >= 0.6 is 0 Å². The monoisotopic (exact) mass is 286 g/mol. The van der Waals surface area contributed by atoms with E-state index in [0.29, 0.717) is 0 Å². The van der Waals surface area contributed by atoms with Crippen LogP contribution in [-0.2, 0) is 21.9 Å². The van der Waals surface area contributed by atoms with Crippen LogP contribution in [0, 0.1) is 5.92 Å². The molecule has 1 aliphatic carbocycles. The van der Waals surface area contributed by atoms with Gasteiger partial charge < -0.3 is 5.32 Å². The molecule has 1 amide bonds. The van der Waals surface area contributed by atoms with Crippen molar-refractivity contribution in [3.63, 3.8) is 0 Å². The number of aryl methyl sites for hydroxylation is 1. The van der Waals surface area contributed by atoms with Crippen molar-refractivity contribution in [1.29, 1.82) is 0 Å². The number of aromatic nitrogens is 2. The molecule has 0 bridgehead atoms. The lowest BCUT2D eigenvalue weighted by Crippen LogP contribution is -2.26. The Kier molecular flexibility index (Phi) is 3.91.